The minimum atomic E-state index is -0.443. The van der Waals surface area contributed by atoms with Gasteiger partial charge in [0.15, 0.2) is 0 Å². The molecule has 0 saturated carbocycles. The fraction of sp³-hybridized carbons (Fsp3) is 0.222. The second-order valence-corrected chi connectivity index (χ2v) is 8.43. The summed E-state index contributed by atoms with van der Waals surface area (Å²) >= 11 is 0. The molecule has 0 bridgehead atoms. The first kappa shape index (κ1) is 20.3. The van der Waals surface area contributed by atoms with Crippen molar-refractivity contribution in [1.82, 2.24) is 9.97 Å². The summed E-state index contributed by atoms with van der Waals surface area (Å²) in [4.78, 5) is 7.72. The Labute approximate surface area is 188 Å². The summed E-state index contributed by atoms with van der Waals surface area (Å²) in [5.74, 6) is 0. The van der Waals surface area contributed by atoms with Crippen LogP contribution in [-0.2, 0) is 12.8 Å². The monoisotopic (exact) mass is 424 g/mol. The highest BCUT2D eigenvalue weighted by atomic mass is 16.3. The summed E-state index contributed by atoms with van der Waals surface area (Å²) in [6.07, 6.45) is 7.83. The number of anilines is 3. The van der Waals surface area contributed by atoms with E-state index in [9.17, 15) is 5.11 Å². The van der Waals surface area contributed by atoms with Gasteiger partial charge < -0.3 is 20.7 Å². The van der Waals surface area contributed by atoms with Crippen molar-refractivity contribution in [3.8, 4) is 0 Å². The number of nitrogens with one attached hydrogen (secondary N) is 3. The van der Waals surface area contributed by atoms with Crippen molar-refractivity contribution in [2.45, 2.75) is 32.3 Å². The number of aliphatic hydroxyl groups excluding tert-OH is 1. The molecule has 1 aliphatic carbocycles. The number of aromatic amines is 1. The summed E-state index contributed by atoms with van der Waals surface area (Å²) < 4.78 is 0. The highest BCUT2D eigenvalue weighted by Crippen LogP contribution is 2.35. The molecule has 5 nitrogen and oxygen atoms in total. The summed E-state index contributed by atoms with van der Waals surface area (Å²) in [6, 6.07) is 14.8. The molecule has 0 radical (unpaired) electrons. The first-order valence-corrected chi connectivity index (χ1v) is 11.1. The highest BCUT2D eigenvalue weighted by Gasteiger charge is 2.24. The molecule has 1 unspecified atom stereocenters. The summed E-state index contributed by atoms with van der Waals surface area (Å²) in [5.41, 5.74) is 9.92. The van der Waals surface area contributed by atoms with Crippen LogP contribution in [0.1, 0.15) is 40.5 Å². The molecular formula is C27H28N4O. The number of rotatable bonds is 7. The third kappa shape index (κ3) is 3.87. The van der Waals surface area contributed by atoms with Gasteiger partial charge in [0.1, 0.15) is 0 Å². The summed E-state index contributed by atoms with van der Waals surface area (Å²) in [5, 5.41) is 18.4. The standard InChI is InChI=1S/C27H28N4O/c1-3-18-4-6-21-19(16-30-25(21)15-18)10-12-28-23-8-5-20(14-17(23)2)31-24-11-13-29-27-22(24)7-9-26(27)32/h3-6,8,11,13-16,26,28,30,32H,1,7,9-10,12H2,2H3,(H,29,31). The lowest BCUT2D eigenvalue weighted by Crippen LogP contribution is -2.06. The van der Waals surface area contributed by atoms with Crippen LogP contribution in [0, 0.1) is 6.92 Å². The summed E-state index contributed by atoms with van der Waals surface area (Å²) in [6.45, 7) is 6.82. The minimum Gasteiger partial charge on any atom is -0.387 e. The molecule has 5 rings (SSSR count). The molecule has 0 spiro atoms. The van der Waals surface area contributed by atoms with Crippen LogP contribution in [0.3, 0.4) is 0 Å². The van der Waals surface area contributed by atoms with Gasteiger partial charge in [-0.05, 0) is 78.8 Å². The molecule has 1 aliphatic rings. The van der Waals surface area contributed by atoms with Crippen molar-refractivity contribution in [2.75, 3.05) is 17.2 Å². The average molecular weight is 425 g/mol. The number of hydrogen-bond donors (Lipinski definition) is 4. The molecule has 4 aromatic rings. The van der Waals surface area contributed by atoms with Crippen molar-refractivity contribution in [1.29, 1.82) is 0 Å². The SMILES string of the molecule is C=Cc1ccc2c(CCNc3ccc(Nc4ccnc5c4CCC5O)cc3C)c[nH]c2c1. The molecule has 32 heavy (non-hydrogen) atoms. The van der Waals surface area contributed by atoms with Gasteiger partial charge in [-0.3, -0.25) is 4.98 Å². The van der Waals surface area contributed by atoms with Crippen molar-refractivity contribution < 1.29 is 5.11 Å². The molecule has 0 aliphatic heterocycles. The topological polar surface area (TPSA) is 73.0 Å². The lowest BCUT2D eigenvalue weighted by atomic mass is 10.1. The van der Waals surface area contributed by atoms with E-state index in [2.05, 4.69) is 76.7 Å². The van der Waals surface area contributed by atoms with Gasteiger partial charge >= 0.3 is 0 Å². The number of fused-ring (bicyclic) bond motifs is 2. The van der Waals surface area contributed by atoms with E-state index in [0.29, 0.717) is 0 Å². The molecule has 4 N–H and O–H groups in total. The molecule has 162 valence electrons. The van der Waals surface area contributed by atoms with Crippen LogP contribution in [-0.4, -0.2) is 21.6 Å². The van der Waals surface area contributed by atoms with Crippen molar-refractivity contribution in [2.24, 2.45) is 0 Å². The van der Waals surface area contributed by atoms with Crippen LogP contribution in [0.25, 0.3) is 17.0 Å². The number of pyridine rings is 1. The number of benzene rings is 2. The van der Waals surface area contributed by atoms with Gasteiger partial charge in [-0.1, -0.05) is 24.8 Å². The van der Waals surface area contributed by atoms with E-state index in [1.54, 1.807) is 6.20 Å². The number of aromatic nitrogens is 2. The normalized spacial score (nSPS) is 15.0. The molecule has 0 saturated heterocycles. The Kier molecular flexibility index (Phi) is 5.41. The maximum Gasteiger partial charge on any atom is 0.0966 e. The lowest BCUT2D eigenvalue weighted by Gasteiger charge is -2.14. The van der Waals surface area contributed by atoms with Crippen molar-refractivity contribution >= 4 is 34.0 Å². The van der Waals surface area contributed by atoms with Crippen LogP contribution in [0.15, 0.2) is 61.4 Å². The highest BCUT2D eigenvalue weighted by molar-refractivity contribution is 5.85. The molecule has 0 amide bonds. The van der Waals surface area contributed by atoms with Gasteiger partial charge in [-0.25, -0.2) is 0 Å². The van der Waals surface area contributed by atoms with Gasteiger partial charge in [-0.2, -0.15) is 0 Å². The Balaban J connectivity index is 1.24. The first-order valence-electron chi connectivity index (χ1n) is 11.1. The molecular weight excluding hydrogens is 396 g/mol. The second-order valence-electron chi connectivity index (χ2n) is 8.43. The van der Waals surface area contributed by atoms with Crippen LogP contribution >= 0.6 is 0 Å². The van der Waals surface area contributed by atoms with E-state index in [1.807, 2.05) is 12.1 Å². The molecule has 0 fully saturated rings. The molecule has 1 atom stereocenters. The number of H-pyrrole nitrogens is 1. The van der Waals surface area contributed by atoms with E-state index < -0.39 is 6.10 Å². The lowest BCUT2D eigenvalue weighted by molar-refractivity contribution is 0.176. The Hall–Kier alpha value is -3.57. The zero-order chi connectivity index (χ0) is 22.1. The van der Waals surface area contributed by atoms with Crippen LogP contribution in [0.4, 0.5) is 17.1 Å². The van der Waals surface area contributed by atoms with Gasteiger partial charge in [0.05, 0.1) is 11.8 Å². The Morgan fingerprint density at radius 3 is 2.94 bits per heavy atom. The molecule has 2 heterocycles. The zero-order valence-electron chi connectivity index (χ0n) is 18.3. The van der Waals surface area contributed by atoms with E-state index in [1.165, 1.54) is 16.5 Å². The number of hydrogen-bond acceptors (Lipinski definition) is 4. The van der Waals surface area contributed by atoms with E-state index in [4.69, 9.17) is 0 Å². The largest absolute Gasteiger partial charge is 0.387 e. The number of nitrogens with zero attached hydrogens (tertiary/aromatic N) is 1. The maximum atomic E-state index is 10.1. The van der Waals surface area contributed by atoms with Gasteiger partial charge in [0, 0.05) is 46.9 Å². The molecule has 5 heteroatoms. The first-order chi connectivity index (χ1) is 15.6. The predicted molar refractivity (Wildman–Crippen MR) is 133 cm³/mol. The third-order valence-corrected chi connectivity index (χ3v) is 6.31. The van der Waals surface area contributed by atoms with Crippen molar-refractivity contribution in [3.05, 3.63) is 89.4 Å². The maximum absolute atomic E-state index is 10.1. The van der Waals surface area contributed by atoms with Crippen molar-refractivity contribution in [3.63, 3.8) is 0 Å². The Morgan fingerprint density at radius 2 is 2.09 bits per heavy atom. The van der Waals surface area contributed by atoms with Crippen LogP contribution in [0.2, 0.25) is 0 Å². The predicted octanol–water partition coefficient (Wildman–Crippen LogP) is 5.89. The average Bonchev–Trinajstić information content (AvgIpc) is 3.39. The number of aryl methyl sites for hydroxylation is 1. The van der Waals surface area contributed by atoms with Gasteiger partial charge in [0.25, 0.3) is 0 Å². The van der Waals surface area contributed by atoms with E-state index >= 15 is 0 Å². The fourth-order valence-electron chi connectivity index (χ4n) is 4.56. The Bertz CT molecular complexity index is 1290. The van der Waals surface area contributed by atoms with E-state index in [0.717, 1.165) is 65.2 Å². The van der Waals surface area contributed by atoms with Crippen LogP contribution < -0.4 is 10.6 Å². The molecule has 2 aromatic carbocycles. The van der Waals surface area contributed by atoms with Crippen LogP contribution in [0.5, 0.6) is 0 Å². The third-order valence-electron chi connectivity index (χ3n) is 6.31. The second kappa shape index (κ2) is 8.52. The van der Waals surface area contributed by atoms with Gasteiger partial charge in [0.2, 0.25) is 0 Å². The smallest absolute Gasteiger partial charge is 0.0966 e. The fourth-order valence-corrected chi connectivity index (χ4v) is 4.56. The quantitative estimate of drug-likeness (QED) is 0.298. The minimum absolute atomic E-state index is 0.443. The van der Waals surface area contributed by atoms with Gasteiger partial charge in [-0.15, -0.1) is 0 Å². The Morgan fingerprint density at radius 1 is 1.19 bits per heavy atom. The summed E-state index contributed by atoms with van der Waals surface area (Å²) in [7, 11) is 0. The molecule has 2 aromatic heterocycles. The number of aliphatic hydroxyl groups is 1. The van der Waals surface area contributed by atoms with E-state index in [-0.39, 0.29) is 0 Å². The zero-order valence-corrected chi connectivity index (χ0v) is 18.3.